The SMILES string of the molecule is CC(C)C(c1ccccc1Cl)C(NC(=O)c1ccnn1C)c1nc2ccc(C(C)(C)C(=O)N[C@@H](C(=O)NC3CC3)C(C)C)cc2[nH]1. The van der Waals surface area contributed by atoms with Crippen molar-refractivity contribution in [3.63, 3.8) is 0 Å². The van der Waals surface area contributed by atoms with Crippen LogP contribution in [0, 0.1) is 11.8 Å². The summed E-state index contributed by atoms with van der Waals surface area (Å²) in [6, 6.07) is 14.0. The summed E-state index contributed by atoms with van der Waals surface area (Å²) >= 11 is 6.72. The van der Waals surface area contributed by atoms with Crippen LogP contribution in [0.3, 0.4) is 0 Å². The number of H-pyrrole nitrogens is 1. The molecule has 2 aromatic carbocycles. The number of carbonyl (C=O) groups is 3. The smallest absolute Gasteiger partial charge is 0.270 e. The Morgan fingerprint density at radius 2 is 1.72 bits per heavy atom. The molecule has 0 bridgehead atoms. The molecule has 244 valence electrons. The zero-order chi connectivity index (χ0) is 33.3. The molecule has 3 amide bonds. The fourth-order valence-corrected chi connectivity index (χ4v) is 6.14. The largest absolute Gasteiger partial charge is 0.352 e. The van der Waals surface area contributed by atoms with E-state index in [1.165, 1.54) is 4.68 Å². The fraction of sp³-hybridized carbons (Fsp3) is 0.457. The lowest BCUT2D eigenvalue weighted by atomic mass is 9.81. The Morgan fingerprint density at radius 1 is 1.00 bits per heavy atom. The van der Waals surface area contributed by atoms with Crippen molar-refractivity contribution in [1.29, 1.82) is 0 Å². The number of amides is 3. The van der Waals surface area contributed by atoms with Crippen molar-refractivity contribution >= 4 is 40.4 Å². The van der Waals surface area contributed by atoms with Crippen molar-refractivity contribution in [3.05, 3.63) is 82.4 Å². The molecule has 3 atom stereocenters. The molecular formula is C35H44ClN7O3. The van der Waals surface area contributed by atoms with Gasteiger partial charge in [0.25, 0.3) is 5.91 Å². The van der Waals surface area contributed by atoms with Gasteiger partial charge < -0.3 is 20.9 Å². The van der Waals surface area contributed by atoms with Crippen LogP contribution >= 0.6 is 11.6 Å². The highest BCUT2D eigenvalue weighted by Crippen LogP contribution is 2.40. The molecule has 0 radical (unpaired) electrons. The van der Waals surface area contributed by atoms with Gasteiger partial charge >= 0.3 is 0 Å². The molecule has 11 heteroatoms. The Bertz CT molecular complexity index is 1740. The van der Waals surface area contributed by atoms with E-state index in [1.54, 1.807) is 19.3 Å². The van der Waals surface area contributed by atoms with E-state index in [2.05, 4.69) is 39.9 Å². The molecule has 0 spiro atoms. The van der Waals surface area contributed by atoms with Gasteiger partial charge in [-0.3, -0.25) is 19.1 Å². The van der Waals surface area contributed by atoms with Gasteiger partial charge in [0.2, 0.25) is 11.8 Å². The number of hydrogen-bond donors (Lipinski definition) is 4. The van der Waals surface area contributed by atoms with Crippen LogP contribution < -0.4 is 16.0 Å². The maximum absolute atomic E-state index is 13.7. The van der Waals surface area contributed by atoms with E-state index in [-0.39, 0.29) is 41.5 Å². The summed E-state index contributed by atoms with van der Waals surface area (Å²) < 4.78 is 1.53. The van der Waals surface area contributed by atoms with E-state index in [1.807, 2.05) is 70.2 Å². The number of hydrogen-bond acceptors (Lipinski definition) is 5. The van der Waals surface area contributed by atoms with Crippen LogP contribution in [-0.2, 0) is 22.1 Å². The van der Waals surface area contributed by atoms with Crippen LogP contribution in [0.25, 0.3) is 11.0 Å². The van der Waals surface area contributed by atoms with Crippen LogP contribution in [0.5, 0.6) is 0 Å². The Morgan fingerprint density at radius 3 is 2.33 bits per heavy atom. The highest BCUT2D eigenvalue weighted by molar-refractivity contribution is 6.31. The molecule has 4 aromatic rings. The Kier molecular flexibility index (Phi) is 9.58. The first-order valence-corrected chi connectivity index (χ1v) is 16.3. The molecule has 46 heavy (non-hydrogen) atoms. The third-order valence-corrected chi connectivity index (χ3v) is 9.27. The van der Waals surface area contributed by atoms with Crippen molar-refractivity contribution in [2.45, 2.75) is 83.8 Å². The molecule has 1 fully saturated rings. The van der Waals surface area contributed by atoms with Crippen molar-refractivity contribution in [1.82, 2.24) is 35.7 Å². The maximum Gasteiger partial charge on any atom is 0.270 e. The first-order chi connectivity index (χ1) is 21.8. The van der Waals surface area contributed by atoms with Gasteiger partial charge in [-0.15, -0.1) is 0 Å². The van der Waals surface area contributed by atoms with Crippen molar-refractivity contribution in [3.8, 4) is 0 Å². The molecular weight excluding hydrogens is 602 g/mol. The van der Waals surface area contributed by atoms with E-state index in [0.717, 1.165) is 29.5 Å². The minimum atomic E-state index is -0.947. The number of aryl methyl sites for hydroxylation is 1. The number of halogens is 1. The molecule has 4 N–H and O–H groups in total. The quantitative estimate of drug-likeness (QED) is 0.160. The van der Waals surface area contributed by atoms with E-state index in [4.69, 9.17) is 16.6 Å². The van der Waals surface area contributed by atoms with Crippen molar-refractivity contribution < 1.29 is 14.4 Å². The number of carbonyl (C=O) groups excluding carboxylic acids is 3. The number of benzene rings is 2. The van der Waals surface area contributed by atoms with Crippen LogP contribution in [0.15, 0.2) is 54.7 Å². The molecule has 10 nitrogen and oxygen atoms in total. The van der Waals surface area contributed by atoms with Gasteiger partial charge in [0.15, 0.2) is 0 Å². The number of aromatic nitrogens is 4. The first kappa shape index (κ1) is 33.2. The molecule has 2 unspecified atom stereocenters. The monoisotopic (exact) mass is 645 g/mol. The molecule has 5 rings (SSSR count). The van der Waals surface area contributed by atoms with E-state index in [0.29, 0.717) is 22.1 Å². The van der Waals surface area contributed by atoms with Gasteiger partial charge in [-0.1, -0.05) is 63.6 Å². The van der Waals surface area contributed by atoms with Gasteiger partial charge in [0.05, 0.1) is 22.5 Å². The molecule has 2 heterocycles. The number of fused-ring (bicyclic) bond motifs is 1. The summed E-state index contributed by atoms with van der Waals surface area (Å²) in [5.41, 5.74) is 2.56. The second kappa shape index (κ2) is 13.3. The summed E-state index contributed by atoms with van der Waals surface area (Å²) in [5.74, 6) is -0.310. The average molecular weight is 646 g/mol. The van der Waals surface area contributed by atoms with Crippen molar-refractivity contribution in [2.75, 3.05) is 0 Å². The van der Waals surface area contributed by atoms with Crippen LogP contribution in [0.1, 0.15) is 93.8 Å². The third-order valence-electron chi connectivity index (χ3n) is 8.93. The Labute approximate surface area is 275 Å². The van der Waals surface area contributed by atoms with Gasteiger partial charge in [-0.25, -0.2) is 4.98 Å². The fourth-order valence-electron chi connectivity index (χ4n) is 5.88. The number of aromatic amines is 1. The molecule has 2 aromatic heterocycles. The highest BCUT2D eigenvalue weighted by atomic mass is 35.5. The number of imidazole rings is 1. The summed E-state index contributed by atoms with van der Waals surface area (Å²) in [7, 11) is 1.72. The third kappa shape index (κ3) is 6.97. The van der Waals surface area contributed by atoms with Crippen LogP contribution in [0.2, 0.25) is 5.02 Å². The first-order valence-electron chi connectivity index (χ1n) is 15.9. The van der Waals surface area contributed by atoms with Gasteiger partial charge in [0, 0.05) is 30.2 Å². The number of nitrogens with zero attached hydrogens (tertiary/aromatic N) is 3. The topological polar surface area (TPSA) is 134 Å². The zero-order valence-electron chi connectivity index (χ0n) is 27.5. The van der Waals surface area contributed by atoms with Crippen molar-refractivity contribution in [2.24, 2.45) is 18.9 Å². The van der Waals surface area contributed by atoms with Gasteiger partial charge in [-0.05, 0) is 73.9 Å². The van der Waals surface area contributed by atoms with Crippen LogP contribution in [0.4, 0.5) is 0 Å². The lowest BCUT2D eigenvalue weighted by Gasteiger charge is -2.31. The molecule has 0 aliphatic heterocycles. The molecule has 1 aliphatic carbocycles. The second-order valence-electron chi connectivity index (χ2n) is 13.5. The summed E-state index contributed by atoms with van der Waals surface area (Å²) in [6.45, 7) is 11.7. The Hall–Kier alpha value is -4.18. The number of nitrogens with one attached hydrogen (secondary N) is 4. The average Bonchev–Trinajstić information content (AvgIpc) is 3.53. The molecule has 1 saturated carbocycles. The van der Waals surface area contributed by atoms with E-state index in [9.17, 15) is 14.4 Å². The summed E-state index contributed by atoms with van der Waals surface area (Å²) in [5, 5.41) is 14.0. The summed E-state index contributed by atoms with van der Waals surface area (Å²) in [4.78, 5) is 48.5. The predicted octanol–water partition coefficient (Wildman–Crippen LogP) is 5.56. The highest BCUT2D eigenvalue weighted by Gasteiger charge is 2.37. The lowest BCUT2D eigenvalue weighted by Crippen LogP contribution is -2.54. The summed E-state index contributed by atoms with van der Waals surface area (Å²) in [6.07, 6.45) is 3.54. The van der Waals surface area contributed by atoms with E-state index < -0.39 is 17.5 Å². The molecule has 0 saturated heterocycles. The minimum Gasteiger partial charge on any atom is -0.352 e. The lowest BCUT2D eigenvalue weighted by molar-refractivity contribution is -0.132. The minimum absolute atomic E-state index is 0.0679. The van der Waals surface area contributed by atoms with Gasteiger partial charge in [0.1, 0.15) is 17.6 Å². The number of rotatable bonds is 12. The standard InChI is InChI=1S/C35H44ClN7O3/c1-19(2)28(23-10-8-9-11-24(23)36)30(41-32(44)27-16-17-37-43(27)7)31-39-25-15-12-21(18-26(25)40-31)35(5,6)34(46)42-29(20(3)4)33(45)38-22-13-14-22/h8-12,15-20,22,28-30H,13-14H2,1-7H3,(H,38,45)(H,39,40)(H,41,44)(H,42,46)/t28?,29-,30?/m1/s1. The van der Waals surface area contributed by atoms with Gasteiger partial charge in [-0.2, -0.15) is 5.10 Å². The second-order valence-corrected chi connectivity index (χ2v) is 13.9. The normalized spacial score (nSPS) is 15.5. The Balaban J connectivity index is 1.49. The van der Waals surface area contributed by atoms with Crippen LogP contribution in [-0.4, -0.2) is 49.6 Å². The maximum atomic E-state index is 13.7. The van der Waals surface area contributed by atoms with E-state index >= 15 is 0 Å². The molecule has 1 aliphatic rings. The predicted molar refractivity (Wildman–Crippen MR) is 179 cm³/mol. The zero-order valence-corrected chi connectivity index (χ0v) is 28.3.